The molecule has 0 aromatic carbocycles. The summed E-state index contributed by atoms with van der Waals surface area (Å²) in [4.78, 5) is 37.9. The largest absolute Gasteiger partial charge is 0.462 e. The van der Waals surface area contributed by atoms with Gasteiger partial charge >= 0.3 is 17.9 Å². The molecule has 0 aromatic rings. The minimum absolute atomic E-state index is 0.108. The van der Waals surface area contributed by atoms with Crippen LogP contribution in [0.1, 0.15) is 226 Å². The highest BCUT2D eigenvalue weighted by atomic mass is 16.6. The number of esters is 3. The van der Waals surface area contributed by atoms with Gasteiger partial charge in [0, 0.05) is 19.3 Å². The maximum Gasteiger partial charge on any atom is 0.306 e. The maximum atomic E-state index is 12.8. The summed E-state index contributed by atoms with van der Waals surface area (Å²) in [5.74, 6) is -1.01. The third-order valence-electron chi connectivity index (χ3n) is 10.5. The van der Waals surface area contributed by atoms with Gasteiger partial charge in [-0.05, 0) is 83.5 Å². The van der Waals surface area contributed by atoms with E-state index in [1.165, 1.54) is 103 Å². The zero-order valence-corrected chi connectivity index (χ0v) is 39.7. The highest BCUT2D eigenvalue weighted by Gasteiger charge is 2.19. The summed E-state index contributed by atoms with van der Waals surface area (Å²) < 4.78 is 16.7. The molecular weight excluding hydrogens is 757 g/mol. The molecule has 0 aliphatic carbocycles. The summed E-state index contributed by atoms with van der Waals surface area (Å²) in [5, 5.41) is 0. The molecule has 0 aliphatic rings. The highest BCUT2D eigenvalue weighted by molar-refractivity contribution is 5.71. The number of hydrogen-bond donors (Lipinski definition) is 0. The molecule has 6 nitrogen and oxygen atoms in total. The molecule has 0 spiro atoms. The lowest BCUT2D eigenvalue weighted by molar-refractivity contribution is -0.166. The minimum Gasteiger partial charge on any atom is -0.462 e. The van der Waals surface area contributed by atoms with Crippen molar-refractivity contribution in [2.24, 2.45) is 0 Å². The van der Waals surface area contributed by atoms with Crippen molar-refractivity contribution in [1.82, 2.24) is 0 Å². The van der Waals surface area contributed by atoms with Crippen LogP contribution in [0.2, 0.25) is 0 Å². The van der Waals surface area contributed by atoms with Crippen molar-refractivity contribution in [3.63, 3.8) is 0 Å². The van der Waals surface area contributed by atoms with E-state index in [4.69, 9.17) is 14.2 Å². The van der Waals surface area contributed by atoms with E-state index >= 15 is 0 Å². The van der Waals surface area contributed by atoms with Crippen LogP contribution in [0.4, 0.5) is 0 Å². The van der Waals surface area contributed by atoms with Gasteiger partial charge in [0.15, 0.2) is 6.10 Å². The van der Waals surface area contributed by atoms with E-state index in [-0.39, 0.29) is 37.5 Å². The van der Waals surface area contributed by atoms with Gasteiger partial charge in [-0.3, -0.25) is 14.4 Å². The van der Waals surface area contributed by atoms with Crippen LogP contribution >= 0.6 is 0 Å². The lowest BCUT2D eigenvalue weighted by Gasteiger charge is -2.18. The van der Waals surface area contributed by atoms with E-state index < -0.39 is 6.10 Å². The highest BCUT2D eigenvalue weighted by Crippen LogP contribution is 2.13. The first kappa shape index (κ1) is 57.6. The average molecular weight is 849 g/mol. The number of carbonyl (C=O) groups is 3. The van der Waals surface area contributed by atoms with Crippen LogP contribution in [0, 0.1) is 0 Å². The molecular formula is C55H92O6. The van der Waals surface area contributed by atoms with Crippen LogP contribution in [0.5, 0.6) is 0 Å². The van der Waals surface area contributed by atoms with Crippen LogP contribution in [-0.4, -0.2) is 37.2 Å². The summed E-state index contributed by atoms with van der Waals surface area (Å²) in [6.07, 6.45) is 62.9. The monoisotopic (exact) mass is 849 g/mol. The lowest BCUT2D eigenvalue weighted by Crippen LogP contribution is -2.30. The second-order valence-electron chi connectivity index (χ2n) is 16.4. The Bertz CT molecular complexity index is 1200. The van der Waals surface area contributed by atoms with Crippen LogP contribution < -0.4 is 0 Å². The Morgan fingerprint density at radius 2 is 0.738 bits per heavy atom. The molecule has 0 aromatic heterocycles. The molecule has 0 aliphatic heterocycles. The molecule has 0 rings (SSSR count). The van der Waals surface area contributed by atoms with Crippen molar-refractivity contribution in [1.29, 1.82) is 0 Å². The number of allylic oxidation sites excluding steroid dienone is 14. The quantitative estimate of drug-likeness (QED) is 0.0200. The molecule has 0 fully saturated rings. The summed E-state index contributed by atoms with van der Waals surface area (Å²) in [7, 11) is 0. The second-order valence-corrected chi connectivity index (χ2v) is 16.4. The number of ether oxygens (including phenoxy) is 3. The van der Waals surface area contributed by atoms with E-state index in [0.29, 0.717) is 19.3 Å². The van der Waals surface area contributed by atoms with Gasteiger partial charge in [-0.15, -0.1) is 0 Å². The van der Waals surface area contributed by atoms with E-state index in [9.17, 15) is 14.4 Å². The standard InChI is InChI=1S/C55H92O6/c1-4-7-10-13-16-19-22-25-27-30-33-36-39-42-45-48-54(57)60-51-52(50-59-53(56)47-44-41-38-35-32-29-24-21-18-15-12-9-6-3)61-55(58)49-46-43-40-37-34-31-28-26-23-20-17-14-11-8-5-2/h7,10,13,16,19-20,22-23,25,27,29,32,38,41,52H,4-6,8-9,11-12,14-15,17-18,21,24,26,28,30-31,33-37,39-40,42-51H2,1-3H3/b10-7+,16-13+,22-19+,23-20+,27-25+,32-29+,41-38+. The van der Waals surface area contributed by atoms with Crippen molar-refractivity contribution in [3.05, 3.63) is 85.1 Å². The first-order valence-electron chi connectivity index (χ1n) is 25.1. The van der Waals surface area contributed by atoms with Crippen molar-refractivity contribution in [2.45, 2.75) is 232 Å². The summed E-state index contributed by atoms with van der Waals surface area (Å²) in [5.41, 5.74) is 0. The maximum absolute atomic E-state index is 12.8. The Morgan fingerprint density at radius 3 is 1.26 bits per heavy atom. The first-order chi connectivity index (χ1) is 30.0. The molecule has 0 saturated heterocycles. The average Bonchev–Trinajstić information content (AvgIpc) is 3.26. The molecule has 0 saturated carbocycles. The molecule has 0 bridgehead atoms. The van der Waals surface area contributed by atoms with Gasteiger partial charge in [0.2, 0.25) is 0 Å². The van der Waals surface area contributed by atoms with E-state index in [1.54, 1.807) is 0 Å². The fraction of sp³-hybridized carbons (Fsp3) is 0.691. The van der Waals surface area contributed by atoms with Crippen molar-refractivity contribution in [3.8, 4) is 0 Å². The second kappa shape index (κ2) is 49.2. The van der Waals surface area contributed by atoms with E-state index in [2.05, 4.69) is 75.5 Å². The van der Waals surface area contributed by atoms with Crippen molar-refractivity contribution >= 4 is 17.9 Å². The number of rotatable bonds is 44. The van der Waals surface area contributed by atoms with E-state index in [1.807, 2.05) is 30.4 Å². The van der Waals surface area contributed by atoms with Crippen LogP contribution in [0.15, 0.2) is 85.1 Å². The first-order valence-corrected chi connectivity index (χ1v) is 25.1. The van der Waals surface area contributed by atoms with Gasteiger partial charge in [-0.2, -0.15) is 0 Å². The normalized spacial score (nSPS) is 12.8. The molecule has 0 radical (unpaired) electrons. The van der Waals surface area contributed by atoms with Gasteiger partial charge in [0.1, 0.15) is 13.2 Å². The predicted molar refractivity (Wildman–Crippen MR) is 261 cm³/mol. The fourth-order valence-corrected chi connectivity index (χ4v) is 6.68. The smallest absolute Gasteiger partial charge is 0.306 e. The van der Waals surface area contributed by atoms with Crippen molar-refractivity contribution < 1.29 is 28.6 Å². The Kier molecular flexibility index (Phi) is 46.5. The third-order valence-corrected chi connectivity index (χ3v) is 10.5. The number of hydrogen-bond acceptors (Lipinski definition) is 6. The van der Waals surface area contributed by atoms with Gasteiger partial charge in [0.25, 0.3) is 0 Å². The molecule has 0 amide bonds. The Morgan fingerprint density at radius 1 is 0.361 bits per heavy atom. The number of unbranched alkanes of at least 4 members (excludes halogenated alkanes) is 22. The van der Waals surface area contributed by atoms with Crippen molar-refractivity contribution in [2.75, 3.05) is 13.2 Å². The Balaban J connectivity index is 4.50. The molecule has 1 atom stereocenters. The summed E-state index contributed by atoms with van der Waals surface area (Å²) in [6, 6.07) is 0. The Labute approximate surface area is 375 Å². The molecule has 1 unspecified atom stereocenters. The van der Waals surface area contributed by atoms with Gasteiger partial charge in [-0.25, -0.2) is 0 Å². The Hall–Kier alpha value is -3.41. The number of carbonyl (C=O) groups excluding carboxylic acids is 3. The lowest BCUT2D eigenvalue weighted by atomic mass is 10.1. The fourth-order valence-electron chi connectivity index (χ4n) is 6.68. The van der Waals surface area contributed by atoms with Gasteiger partial charge in [-0.1, -0.05) is 209 Å². The van der Waals surface area contributed by atoms with Gasteiger partial charge < -0.3 is 14.2 Å². The van der Waals surface area contributed by atoms with Crippen LogP contribution in [0.25, 0.3) is 0 Å². The zero-order valence-electron chi connectivity index (χ0n) is 39.7. The third kappa shape index (κ3) is 47.5. The summed E-state index contributed by atoms with van der Waals surface area (Å²) >= 11 is 0. The molecule has 61 heavy (non-hydrogen) atoms. The van der Waals surface area contributed by atoms with Gasteiger partial charge in [0.05, 0.1) is 0 Å². The molecule has 0 heterocycles. The molecule has 6 heteroatoms. The molecule has 348 valence electrons. The van der Waals surface area contributed by atoms with Crippen LogP contribution in [-0.2, 0) is 28.6 Å². The topological polar surface area (TPSA) is 78.9 Å². The van der Waals surface area contributed by atoms with E-state index in [0.717, 1.165) is 77.0 Å². The summed E-state index contributed by atoms with van der Waals surface area (Å²) in [6.45, 7) is 6.39. The predicted octanol–water partition coefficient (Wildman–Crippen LogP) is 16.4. The molecule has 0 N–H and O–H groups in total. The minimum atomic E-state index is -0.810. The SMILES string of the molecule is CC/C=C/C=C/C=C/C=C/CCCCCCCC(=O)OCC(COC(=O)CC/C=C/C/C=C/CCCCCCCC)OC(=O)CCCCCCCCC/C=C/CCCCCC. The van der Waals surface area contributed by atoms with Crippen LogP contribution in [0.3, 0.4) is 0 Å². The zero-order chi connectivity index (χ0) is 44.4.